The van der Waals surface area contributed by atoms with Crippen LogP contribution < -0.4 is 0 Å². The third kappa shape index (κ3) is 2.91. The topological polar surface area (TPSA) is 46.3 Å². The van der Waals surface area contributed by atoms with Crippen molar-refractivity contribution >= 4 is 11.3 Å². The lowest BCUT2D eigenvalue weighted by molar-refractivity contribution is 0.186. The number of hydrogen-bond donors (Lipinski definition) is 1. The van der Waals surface area contributed by atoms with Gasteiger partial charge in [0, 0.05) is 11.3 Å². The summed E-state index contributed by atoms with van der Waals surface area (Å²) in [7, 11) is 0. The number of nitrogens with zero attached hydrogens (tertiary/aromatic N) is 1. The van der Waals surface area contributed by atoms with Gasteiger partial charge in [-0.05, 0) is 18.4 Å². The number of aliphatic hydroxyl groups excluding tert-OH is 1. The monoisotopic (exact) mass is 223 g/mol. The van der Waals surface area contributed by atoms with E-state index in [1.54, 1.807) is 24.5 Å². The third-order valence-electron chi connectivity index (χ3n) is 2.00. The van der Waals surface area contributed by atoms with Gasteiger partial charge in [0.1, 0.15) is 5.76 Å². The maximum absolute atomic E-state index is 9.19. The van der Waals surface area contributed by atoms with Crippen LogP contribution in [0.25, 0.3) is 0 Å². The standard InChI is InChI=1S/C11H13NO2S/c1-8(13)5-9-7-12-11(14-9)6-10-3-2-4-15-10/h2-4,7-8,13H,5-6H2,1H3. The van der Waals surface area contributed by atoms with Gasteiger partial charge in [0.25, 0.3) is 0 Å². The Hall–Kier alpha value is -1.13. The Balaban J connectivity index is 2.01. The van der Waals surface area contributed by atoms with Gasteiger partial charge in [-0.1, -0.05) is 6.07 Å². The number of aliphatic hydroxyl groups is 1. The molecule has 0 aliphatic heterocycles. The first-order valence-corrected chi connectivity index (χ1v) is 5.76. The molecular weight excluding hydrogens is 210 g/mol. The molecule has 0 aliphatic carbocycles. The van der Waals surface area contributed by atoms with Gasteiger partial charge in [-0.2, -0.15) is 0 Å². The summed E-state index contributed by atoms with van der Waals surface area (Å²) in [5, 5.41) is 11.2. The highest BCUT2D eigenvalue weighted by Gasteiger charge is 2.07. The van der Waals surface area contributed by atoms with Crippen LogP contribution in [0.5, 0.6) is 0 Å². The second-order valence-electron chi connectivity index (χ2n) is 3.53. The molecule has 0 fully saturated rings. The van der Waals surface area contributed by atoms with Gasteiger partial charge in [0.05, 0.1) is 18.7 Å². The normalized spacial score (nSPS) is 12.9. The molecule has 2 aromatic rings. The van der Waals surface area contributed by atoms with Crippen molar-refractivity contribution in [1.82, 2.24) is 4.98 Å². The van der Waals surface area contributed by atoms with E-state index in [0.29, 0.717) is 12.3 Å². The number of rotatable bonds is 4. The zero-order chi connectivity index (χ0) is 10.7. The Kier molecular flexibility index (Phi) is 3.18. The maximum atomic E-state index is 9.19. The summed E-state index contributed by atoms with van der Waals surface area (Å²) in [6.45, 7) is 1.74. The van der Waals surface area contributed by atoms with E-state index >= 15 is 0 Å². The van der Waals surface area contributed by atoms with Crippen LogP contribution in [0.1, 0.15) is 23.5 Å². The Bertz CT molecular complexity index is 406. The molecule has 1 unspecified atom stereocenters. The van der Waals surface area contributed by atoms with Crippen LogP contribution >= 0.6 is 11.3 Å². The second kappa shape index (κ2) is 4.59. The minimum atomic E-state index is -0.382. The highest BCUT2D eigenvalue weighted by molar-refractivity contribution is 7.09. The smallest absolute Gasteiger partial charge is 0.199 e. The van der Waals surface area contributed by atoms with Gasteiger partial charge in [-0.15, -0.1) is 11.3 Å². The van der Waals surface area contributed by atoms with E-state index in [-0.39, 0.29) is 6.10 Å². The summed E-state index contributed by atoms with van der Waals surface area (Å²) >= 11 is 1.69. The Labute approximate surface area is 92.4 Å². The van der Waals surface area contributed by atoms with Crippen LogP contribution in [0.2, 0.25) is 0 Å². The molecule has 1 N–H and O–H groups in total. The quantitative estimate of drug-likeness (QED) is 0.864. The first-order valence-electron chi connectivity index (χ1n) is 4.88. The fourth-order valence-corrected chi connectivity index (χ4v) is 2.07. The SMILES string of the molecule is CC(O)Cc1cnc(Cc2cccs2)o1. The molecule has 2 heterocycles. The number of aromatic nitrogens is 1. The lowest BCUT2D eigenvalue weighted by atomic mass is 10.2. The van der Waals surface area contributed by atoms with Crippen LogP contribution in [-0.4, -0.2) is 16.2 Å². The molecule has 80 valence electrons. The van der Waals surface area contributed by atoms with Crippen LogP contribution in [0.15, 0.2) is 28.1 Å². The van der Waals surface area contributed by atoms with Gasteiger partial charge >= 0.3 is 0 Å². The average Bonchev–Trinajstić information content (AvgIpc) is 2.77. The predicted molar refractivity (Wildman–Crippen MR) is 59.0 cm³/mol. The third-order valence-corrected chi connectivity index (χ3v) is 2.88. The van der Waals surface area contributed by atoms with Crippen molar-refractivity contribution < 1.29 is 9.52 Å². The number of oxazole rings is 1. The highest BCUT2D eigenvalue weighted by Crippen LogP contribution is 2.15. The molecule has 0 saturated carbocycles. The van der Waals surface area contributed by atoms with Crippen molar-refractivity contribution in [1.29, 1.82) is 0 Å². The van der Waals surface area contributed by atoms with E-state index in [9.17, 15) is 5.11 Å². The summed E-state index contributed by atoms with van der Waals surface area (Å²) in [4.78, 5) is 5.41. The lowest BCUT2D eigenvalue weighted by Crippen LogP contribution is -2.02. The van der Waals surface area contributed by atoms with Crippen LogP contribution in [0.4, 0.5) is 0 Å². The molecule has 0 bridgehead atoms. The van der Waals surface area contributed by atoms with E-state index < -0.39 is 0 Å². The Morgan fingerprint density at radius 1 is 1.60 bits per heavy atom. The van der Waals surface area contributed by atoms with Crippen molar-refractivity contribution in [3.63, 3.8) is 0 Å². The molecule has 0 radical (unpaired) electrons. The van der Waals surface area contributed by atoms with Gasteiger partial charge in [0.2, 0.25) is 0 Å². The molecule has 2 rings (SSSR count). The van der Waals surface area contributed by atoms with Crippen molar-refractivity contribution in [2.24, 2.45) is 0 Å². The van der Waals surface area contributed by atoms with Gasteiger partial charge in [0.15, 0.2) is 5.89 Å². The minimum Gasteiger partial charge on any atom is -0.445 e. The molecule has 0 saturated heterocycles. The van der Waals surface area contributed by atoms with E-state index in [1.807, 2.05) is 11.4 Å². The minimum absolute atomic E-state index is 0.382. The van der Waals surface area contributed by atoms with Crippen LogP contribution in [0.3, 0.4) is 0 Å². The zero-order valence-electron chi connectivity index (χ0n) is 8.51. The summed E-state index contributed by atoms with van der Waals surface area (Å²) in [6, 6.07) is 4.07. The average molecular weight is 223 g/mol. The summed E-state index contributed by atoms with van der Waals surface area (Å²) in [5.41, 5.74) is 0. The summed E-state index contributed by atoms with van der Waals surface area (Å²) in [5.74, 6) is 1.46. The molecular formula is C11H13NO2S. The summed E-state index contributed by atoms with van der Waals surface area (Å²) in [6.07, 6.45) is 2.57. The molecule has 2 aromatic heterocycles. The molecule has 3 nitrogen and oxygen atoms in total. The Morgan fingerprint density at radius 2 is 2.47 bits per heavy atom. The van der Waals surface area contributed by atoms with Crippen molar-refractivity contribution in [2.45, 2.75) is 25.9 Å². The van der Waals surface area contributed by atoms with Crippen molar-refractivity contribution in [2.75, 3.05) is 0 Å². The first-order chi connectivity index (χ1) is 7.24. The maximum Gasteiger partial charge on any atom is 0.199 e. The van der Waals surface area contributed by atoms with Crippen molar-refractivity contribution in [3.8, 4) is 0 Å². The first kappa shape index (κ1) is 10.4. The molecule has 1 atom stereocenters. The lowest BCUT2D eigenvalue weighted by Gasteiger charge is -1.98. The molecule has 0 aliphatic rings. The molecule has 4 heteroatoms. The molecule has 0 spiro atoms. The second-order valence-corrected chi connectivity index (χ2v) is 4.56. The van der Waals surface area contributed by atoms with E-state index in [4.69, 9.17) is 4.42 Å². The van der Waals surface area contributed by atoms with E-state index in [2.05, 4.69) is 11.1 Å². The summed E-state index contributed by atoms with van der Waals surface area (Å²) < 4.78 is 5.50. The Morgan fingerprint density at radius 3 is 3.13 bits per heavy atom. The fourth-order valence-electron chi connectivity index (χ4n) is 1.38. The molecule has 0 amide bonds. The number of hydrogen-bond acceptors (Lipinski definition) is 4. The van der Waals surface area contributed by atoms with E-state index in [1.165, 1.54) is 4.88 Å². The molecule has 0 aromatic carbocycles. The van der Waals surface area contributed by atoms with Crippen LogP contribution in [0, 0.1) is 0 Å². The zero-order valence-corrected chi connectivity index (χ0v) is 9.33. The fraction of sp³-hybridized carbons (Fsp3) is 0.364. The number of thiophene rings is 1. The van der Waals surface area contributed by atoms with Gasteiger partial charge in [-0.25, -0.2) is 4.98 Å². The van der Waals surface area contributed by atoms with E-state index in [0.717, 1.165) is 12.2 Å². The van der Waals surface area contributed by atoms with Gasteiger partial charge < -0.3 is 9.52 Å². The highest BCUT2D eigenvalue weighted by atomic mass is 32.1. The van der Waals surface area contributed by atoms with Crippen molar-refractivity contribution in [3.05, 3.63) is 40.2 Å². The van der Waals surface area contributed by atoms with Crippen LogP contribution in [-0.2, 0) is 12.8 Å². The largest absolute Gasteiger partial charge is 0.445 e. The molecule has 15 heavy (non-hydrogen) atoms. The predicted octanol–water partition coefficient (Wildman–Crippen LogP) is 2.25. The van der Waals surface area contributed by atoms with Gasteiger partial charge in [-0.3, -0.25) is 0 Å².